The Bertz CT molecular complexity index is 1190. The summed E-state index contributed by atoms with van der Waals surface area (Å²) < 4.78 is 35.1. The molecular weight excluding hydrogens is 422 g/mol. The molecule has 2 atom stereocenters. The summed E-state index contributed by atoms with van der Waals surface area (Å²) in [6.07, 6.45) is -0.625. The molecule has 1 aromatic carbocycles. The number of halogens is 2. The Morgan fingerprint density at radius 3 is 2.44 bits per heavy atom. The molecule has 0 saturated carbocycles. The van der Waals surface area contributed by atoms with E-state index < -0.39 is 35.0 Å². The summed E-state index contributed by atoms with van der Waals surface area (Å²) >= 11 is 0. The van der Waals surface area contributed by atoms with E-state index in [0.717, 1.165) is 6.20 Å². The van der Waals surface area contributed by atoms with Crippen LogP contribution in [0.3, 0.4) is 0 Å². The molecule has 0 radical (unpaired) electrons. The van der Waals surface area contributed by atoms with Crippen LogP contribution in [0.4, 0.5) is 8.78 Å². The molecule has 2 unspecified atom stereocenters. The van der Waals surface area contributed by atoms with Crippen molar-refractivity contribution in [3.8, 4) is 5.88 Å². The van der Waals surface area contributed by atoms with Gasteiger partial charge in [0.2, 0.25) is 11.3 Å². The fourth-order valence-corrected chi connectivity index (χ4v) is 3.62. The Hall–Kier alpha value is -3.33. The van der Waals surface area contributed by atoms with Crippen molar-refractivity contribution in [3.63, 3.8) is 0 Å². The number of carbonyl (C=O) groups is 1. The van der Waals surface area contributed by atoms with Crippen LogP contribution < -0.4 is 10.2 Å². The van der Waals surface area contributed by atoms with Gasteiger partial charge in [-0.3, -0.25) is 4.79 Å². The first-order valence-electron chi connectivity index (χ1n) is 10.0. The molecule has 3 aromatic rings. The molecule has 7 nitrogen and oxygen atoms in total. The summed E-state index contributed by atoms with van der Waals surface area (Å²) in [6, 6.07) is 6.02. The number of aromatic nitrogens is 2. The molecule has 2 aromatic heterocycles. The normalized spacial score (nSPS) is 13.3. The Balaban J connectivity index is 2.23. The number of alkyl halides is 1. The molecule has 0 saturated heterocycles. The highest BCUT2D eigenvalue weighted by molar-refractivity contribution is 5.92. The van der Waals surface area contributed by atoms with Gasteiger partial charge in [-0.25, -0.2) is 13.6 Å². The van der Waals surface area contributed by atoms with Crippen molar-refractivity contribution in [1.82, 2.24) is 9.55 Å². The van der Waals surface area contributed by atoms with Crippen LogP contribution in [0.1, 0.15) is 47.5 Å². The number of carboxylic acids is 1. The topological polar surface area (TPSA) is 102 Å². The number of hydrogen-bond acceptors (Lipinski definition) is 5. The standard InChI is InChI=1S/C23H24F2N2O5/c1-12(2)19(11-28)27-10-17(23(30)31)20(29)16-9-15(22(32-3)26-21(16)27)18(25)8-13-4-6-14(24)7-5-13/h4-7,9-10,12,18-19,28H,8,11H2,1-3H3,(H,30,31). The van der Waals surface area contributed by atoms with Gasteiger partial charge in [0.25, 0.3) is 0 Å². The zero-order valence-electron chi connectivity index (χ0n) is 17.9. The van der Waals surface area contributed by atoms with Gasteiger partial charge >= 0.3 is 5.97 Å². The van der Waals surface area contributed by atoms with Gasteiger partial charge in [0.05, 0.1) is 25.1 Å². The van der Waals surface area contributed by atoms with E-state index in [1.54, 1.807) is 0 Å². The average molecular weight is 446 g/mol. The van der Waals surface area contributed by atoms with Gasteiger partial charge < -0.3 is 19.5 Å². The Morgan fingerprint density at radius 2 is 1.91 bits per heavy atom. The summed E-state index contributed by atoms with van der Waals surface area (Å²) in [5, 5.41) is 19.3. The number of ether oxygens (including phenoxy) is 1. The third-order valence-corrected chi connectivity index (χ3v) is 5.40. The van der Waals surface area contributed by atoms with Crippen LogP contribution in [-0.4, -0.2) is 39.5 Å². The molecule has 0 bridgehead atoms. The number of benzene rings is 1. The molecule has 3 rings (SSSR count). The maximum atomic E-state index is 15.3. The van der Waals surface area contributed by atoms with Crippen molar-refractivity contribution in [2.45, 2.75) is 32.5 Å². The third kappa shape index (κ3) is 4.47. The van der Waals surface area contributed by atoms with Crippen molar-refractivity contribution >= 4 is 17.0 Å². The van der Waals surface area contributed by atoms with Gasteiger partial charge in [-0.1, -0.05) is 26.0 Å². The number of aliphatic hydroxyl groups excluding tert-OH is 1. The summed E-state index contributed by atoms with van der Waals surface area (Å²) in [4.78, 5) is 28.9. The van der Waals surface area contributed by atoms with Crippen LogP contribution in [0.2, 0.25) is 0 Å². The first-order chi connectivity index (χ1) is 15.2. The highest BCUT2D eigenvalue weighted by atomic mass is 19.1. The Labute approximate surface area is 182 Å². The fraction of sp³-hybridized carbons (Fsp3) is 0.348. The Kier molecular flexibility index (Phi) is 6.88. The lowest BCUT2D eigenvalue weighted by Gasteiger charge is -2.24. The van der Waals surface area contributed by atoms with Gasteiger partial charge in [0.15, 0.2) is 0 Å². The number of rotatable bonds is 8. The number of hydrogen-bond donors (Lipinski definition) is 2. The van der Waals surface area contributed by atoms with E-state index in [1.807, 2.05) is 13.8 Å². The largest absolute Gasteiger partial charge is 0.481 e. The minimum Gasteiger partial charge on any atom is -0.481 e. The number of carboxylic acid groups (broad SMARTS) is 1. The zero-order valence-corrected chi connectivity index (χ0v) is 17.9. The molecule has 0 aliphatic carbocycles. The minimum absolute atomic E-state index is 0.0272. The zero-order chi connectivity index (χ0) is 23.6. The third-order valence-electron chi connectivity index (χ3n) is 5.40. The van der Waals surface area contributed by atoms with Crippen LogP contribution in [0.5, 0.6) is 5.88 Å². The van der Waals surface area contributed by atoms with Crippen molar-refractivity contribution in [2.24, 2.45) is 5.92 Å². The second kappa shape index (κ2) is 9.44. The van der Waals surface area contributed by atoms with E-state index in [2.05, 4.69) is 4.98 Å². The first kappa shape index (κ1) is 23.3. The molecule has 2 heterocycles. The molecule has 9 heteroatoms. The number of fused-ring (bicyclic) bond motifs is 1. The smallest absolute Gasteiger partial charge is 0.341 e. The van der Waals surface area contributed by atoms with E-state index in [4.69, 9.17) is 4.74 Å². The molecule has 0 spiro atoms. The predicted octanol–water partition coefficient (Wildman–Crippen LogP) is 3.69. The van der Waals surface area contributed by atoms with Crippen LogP contribution in [0, 0.1) is 11.7 Å². The summed E-state index contributed by atoms with van der Waals surface area (Å²) in [6.45, 7) is 3.34. The molecule has 170 valence electrons. The van der Waals surface area contributed by atoms with Crippen LogP contribution in [0.15, 0.2) is 41.3 Å². The molecular formula is C23H24F2N2O5. The minimum atomic E-state index is -1.65. The van der Waals surface area contributed by atoms with Gasteiger partial charge in [-0.05, 0) is 29.7 Å². The van der Waals surface area contributed by atoms with Crippen molar-refractivity contribution in [1.29, 1.82) is 0 Å². The van der Waals surface area contributed by atoms with E-state index in [1.165, 1.54) is 42.0 Å². The maximum absolute atomic E-state index is 15.3. The number of nitrogens with zero attached hydrogens (tertiary/aromatic N) is 2. The number of aliphatic hydroxyl groups is 1. The molecule has 0 amide bonds. The summed E-state index contributed by atoms with van der Waals surface area (Å²) in [5.74, 6) is -2.07. The molecule has 2 N–H and O–H groups in total. The highest BCUT2D eigenvalue weighted by Gasteiger charge is 2.25. The van der Waals surface area contributed by atoms with E-state index in [-0.39, 0.29) is 41.4 Å². The predicted molar refractivity (Wildman–Crippen MR) is 114 cm³/mol. The van der Waals surface area contributed by atoms with Crippen LogP contribution in [0.25, 0.3) is 11.0 Å². The van der Waals surface area contributed by atoms with E-state index in [9.17, 15) is 24.2 Å². The molecule has 32 heavy (non-hydrogen) atoms. The molecule has 0 aliphatic rings. The summed E-state index contributed by atoms with van der Waals surface area (Å²) in [7, 11) is 1.31. The quantitative estimate of drug-likeness (QED) is 0.547. The number of pyridine rings is 2. The lowest BCUT2D eigenvalue weighted by Crippen LogP contribution is -2.26. The first-order valence-corrected chi connectivity index (χ1v) is 10.0. The van der Waals surface area contributed by atoms with Gasteiger partial charge in [-0.2, -0.15) is 4.98 Å². The SMILES string of the molecule is COc1nc2c(cc1C(F)Cc1ccc(F)cc1)c(=O)c(C(=O)O)cn2C(CO)C(C)C. The van der Waals surface area contributed by atoms with Crippen LogP contribution >= 0.6 is 0 Å². The second-order valence-corrected chi connectivity index (χ2v) is 7.83. The highest BCUT2D eigenvalue weighted by Crippen LogP contribution is 2.33. The van der Waals surface area contributed by atoms with Gasteiger partial charge in [-0.15, -0.1) is 0 Å². The lowest BCUT2D eigenvalue weighted by molar-refractivity contribution is 0.0694. The van der Waals surface area contributed by atoms with Crippen molar-refractivity contribution in [3.05, 3.63) is 69.3 Å². The maximum Gasteiger partial charge on any atom is 0.341 e. The van der Waals surface area contributed by atoms with Gasteiger partial charge in [0.1, 0.15) is 23.2 Å². The Morgan fingerprint density at radius 1 is 1.25 bits per heavy atom. The molecule has 0 fully saturated rings. The second-order valence-electron chi connectivity index (χ2n) is 7.83. The molecule has 0 aliphatic heterocycles. The van der Waals surface area contributed by atoms with Crippen molar-refractivity contribution < 1.29 is 28.5 Å². The van der Waals surface area contributed by atoms with E-state index in [0.29, 0.717) is 5.56 Å². The lowest BCUT2D eigenvalue weighted by atomic mass is 10.0. The van der Waals surface area contributed by atoms with Crippen LogP contribution in [-0.2, 0) is 6.42 Å². The fourth-order valence-electron chi connectivity index (χ4n) is 3.62. The summed E-state index contributed by atoms with van der Waals surface area (Å²) in [5.41, 5.74) is -0.737. The average Bonchev–Trinajstić information content (AvgIpc) is 2.76. The monoisotopic (exact) mass is 446 g/mol. The van der Waals surface area contributed by atoms with Crippen molar-refractivity contribution in [2.75, 3.05) is 13.7 Å². The van der Waals surface area contributed by atoms with E-state index >= 15 is 4.39 Å². The van der Waals surface area contributed by atoms with Gasteiger partial charge in [0, 0.05) is 18.2 Å². The number of aromatic carboxylic acids is 1. The number of methoxy groups -OCH3 is 1.